The zero-order chi connectivity index (χ0) is 18.9. The van der Waals surface area contributed by atoms with Crippen LogP contribution >= 0.6 is 11.6 Å². The minimum Gasteiger partial charge on any atom is -0.370 e. The Kier molecular flexibility index (Phi) is 7.48. The second kappa shape index (κ2) is 9.82. The number of nitrogens with zero attached hydrogens (tertiary/aromatic N) is 1. The number of carbonyl (C=O) groups is 1. The van der Waals surface area contributed by atoms with Gasteiger partial charge in [-0.15, -0.1) is 0 Å². The first-order valence-electron chi connectivity index (χ1n) is 8.77. The molecule has 6 heteroatoms. The zero-order valence-electron chi connectivity index (χ0n) is 15.2. The van der Waals surface area contributed by atoms with Crippen molar-refractivity contribution >= 4 is 29.2 Å². The lowest BCUT2D eigenvalue weighted by Crippen LogP contribution is -2.29. The first kappa shape index (κ1) is 19.8. The van der Waals surface area contributed by atoms with Gasteiger partial charge in [-0.1, -0.05) is 55.8 Å². The van der Waals surface area contributed by atoms with E-state index in [4.69, 9.17) is 17.3 Å². The highest BCUT2D eigenvalue weighted by molar-refractivity contribution is 6.33. The Hall–Kier alpha value is -2.53. The van der Waals surface area contributed by atoms with Gasteiger partial charge in [0.25, 0.3) is 5.91 Å². The Labute approximate surface area is 159 Å². The Bertz CT molecular complexity index is 767. The maximum absolute atomic E-state index is 12.1. The average Bonchev–Trinajstić information content (AvgIpc) is 2.65. The predicted octanol–water partition coefficient (Wildman–Crippen LogP) is 3.62. The molecule has 2 aromatic rings. The number of halogens is 1. The molecule has 5 nitrogen and oxygen atoms in total. The van der Waals surface area contributed by atoms with Gasteiger partial charge in [-0.05, 0) is 36.1 Å². The van der Waals surface area contributed by atoms with Crippen molar-refractivity contribution in [2.24, 2.45) is 10.7 Å². The number of hydrogen-bond acceptors (Lipinski definition) is 2. The summed E-state index contributed by atoms with van der Waals surface area (Å²) in [6, 6.07) is 13.2. The van der Waals surface area contributed by atoms with Gasteiger partial charge < -0.3 is 16.4 Å². The molecule has 0 atom stereocenters. The molecule has 0 aliphatic heterocycles. The molecular formula is C20H25ClN4O. The van der Waals surface area contributed by atoms with Crippen molar-refractivity contribution in [3.63, 3.8) is 0 Å². The van der Waals surface area contributed by atoms with E-state index in [-0.39, 0.29) is 5.91 Å². The molecule has 2 aromatic carbocycles. The summed E-state index contributed by atoms with van der Waals surface area (Å²) in [5.74, 6) is 0.120. The number of rotatable bonds is 7. The molecule has 0 aliphatic rings. The second-order valence-corrected chi connectivity index (χ2v) is 6.19. The van der Waals surface area contributed by atoms with Gasteiger partial charge in [-0.2, -0.15) is 0 Å². The molecule has 4 N–H and O–H groups in total. The number of carbonyl (C=O) groups excluding carboxylic acids is 1. The van der Waals surface area contributed by atoms with E-state index in [0.717, 1.165) is 18.5 Å². The van der Waals surface area contributed by atoms with E-state index < -0.39 is 0 Å². The lowest BCUT2D eigenvalue weighted by molar-refractivity contribution is 0.0955. The number of benzene rings is 2. The average molecular weight is 373 g/mol. The number of nitrogens with one attached hydrogen (secondary N) is 2. The minimum absolute atomic E-state index is 0.220. The molecule has 0 radical (unpaired) electrons. The fraction of sp³-hybridized carbons (Fsp3) is 0.300. The summed E-state index contributed by atoms with van der Waals surface area (Å²) in [6.45, 7) is 4.97. The molecule has 0 unspecified atom stereocenters. The number of nitrogens with two attached hydrogens (primary N) is 1. The number of guanidine groups is 1. The van der Waals surface area contributed by atoms with E-state index >= 15 is 0 Å². The molecule has 0 fully saturated rings. The Morgan fingerprint density at radius 1 is 1.08 bits per heavy atom. The highest BCUT2D eigenvalue weighted by Crippen LogP contribution is 2.22. The van der Waals surface area contributed by atoms with Crippen LogP contribution in [0.1, 0.15) is 35.3 Å². The third-order valence-electron chi connectivity index (χ3n) is 4.05. The highest BCUT2D eigenvalue weighted by Gasteiger charge is 2.09. The maximum Gasteiger partial charge on any atom is 0.252 e. The number of anilines is 1. The second-order valence-electron chi connectivity index (χ2n) is 5.79. The van der Waals surface area contributed by atoms with Crippen LogP contribution in [0.25, 0.3) is 0 Å². The van der Waals surface area contributed by atoms with Gasteiger partial charge in [0, 0.05) is 12.2 Å². The normalized spacial score (nSPS) is 11.3. The summed E-state index contributed by atoms with van der Waals surface area (Å²) >= 11 is 6.01. The largest absolute Gasteiger partial charge is 0.370 e. The summed E-state index contributed by atoms with van der Waals surface area (Å²) in [4.78, 5) is 16.4. The van der Waals surface area contributed by atoms with Crippen molar-refractivity contribution in [3.05, 3.63) is 64.2 Å². The summed E-state index contributed by atoms with van der Waals surface area (Å²) in [5.41, 5.74) is 9.90. The zero-order valence-corrected chi connectivity index (χ0v) is 15.9. The van der Waals surface area contributed by atoms with Gasteiger partial charge in [0.05, 0.1) is 17.1 Å². The predicted molar refractivity (Wildman–Crippen MR) is 109 cm³/mol. The Morgan fingerprint density at radius 2 is 1.73 bits per heavy atom. The maximum atomic E-state index is 12.1. The third kappa shape index (κ3) is 5.23. The lowest BCUT2D eigenvalue weighted by Gasteiger charge is -2.14. The van der Waals surface area contributed by atoms with Crippen molar-refractivity contribution in [3.8, 4) is 0 Å². The number of aliphatic imine (C=N–C) groups is 1. The van der Waals surface area contributed by atoms with Crippen LogP contribution < -0.4 is 16.4 Å². The Morgan fingerprint density at radius 3 is 2.35 bits per heavy atom. The third-order valence-corrected chi connectivity index (χ3v) is 4.38. The van der Waals surface area contributed by atoms with Crippen molar-refractivity contribution in [2.45, 2.75) is 26.7 Å². The molecule has 0 aliphatic carbocycles. The van der Waals surface area contributed by atoms with Crippen molar-refractivity contribution in [2.75, 3.05) is 18.4 Å². The Balaban J connectivity index is 1.91. The molecule has 0 saturated carbocycles. The molecule has 0 aromatic heterocycles. The molecule has 0 saturated heterocycles. The van der Waals surface area contributed by atoms with Crippen LogP contribution in [0.2, 0.25) is 5.02 Å². The topological polar surface area (TPSA) is 79.5 Å². The van der Waals surface area contributed by atoms with Crippen molar-refractivity contribution < 1.29 is 4.79 Å². The van der Waals surface area contributed by atoms with Crippen LogP contribution in [-0.2, 0) is 12.8 Å². The molecule has 0 spiro atoms. The van der Waals surface area contributed by atoms with Gasteiger partial charge in [-0.3, -0.25) is 9.79 Å². The summed E-state index contributed by atoms with van der Waals surface area (Å²) in [5, 5.41) is 6.42. The van der Waals surface area contributed by atoms with Gasteiger partial charge in [0.2, 0.25) is 0 Å². The fourth-order valence-electron chi connectivity index (χ4n) is 2.66. The molecule has 2 rings (SSSR count). The van der Waals surface area contributed by atoms with Crippen molar-refractivity contribution in [1.82, 2.24) is 5.32 Å². The van der Waals surface area contributed by atoms with Gasteiger partial charge in [-0.25, -0.2) is 0 Å². The van der Waals surface area contributed by atoms with E-state index in [0.29, 0.717) is 29.6 Å². The monoisotopic (exact) mass is 372 g/mol. The molecule has 0 heterocycles. The van der Waals surface area contributed by atoms with Crippen LogP contribution in [0.4, 0.5) is 5.69 Å². The van der Waals surface area contributed by atoms with Gasteiger partial charge in [0.15, 0.2) is 5.96 Å². The van der Waals surface area contributed by atoms with Crippen LogP contribution in [-0.4, -0.2) is 25.0 Å². The summed E-state index contributed by atoms with van der Waals surface area (Å²) < 4.78 is 0. The fourth-order valence-corrected chi connectivity index (χ4v) is 2.88. The van der Waals surface area contributed by atoms with E-state index in [1.807, 2.05) is 0 Å². The first-order valence-corrected chi connectivity index (χ1v) is 9.15. The first-order chi connectivity index (χ1) is 12.6. The molecule has 26 heavy (non-hydrogen) atoms. The van der Waals surface area contributed by atoms with Crippen molar-refractivity contribution in [1.29, 1.82) is 0 Å². The summed E-state index contributed by atoms with van der Waals surface area (Å²) in [7, 11) is 0. The number of aryl methyl sites for hydroxylation is 2. The lowest BCUT2D eigenvalue weighted by atomic mass is 10.0. The molecular weight excluding hydrogens is 348 g/mol. The van der Waals surface area contributed by atoms with E-state index in [9.17, 15) is 4.79 Å². The quantitative estimate of drug-likeness (QED) is 0.394. The van der Waals surface area contributed by atoms with E-state index in [1.54, 1.807) is 24.3 Å². The van der Waals surface area contributed by atoms with E-state index in [1.165, 1.54) is 11.1 Å². The van der Waals surface area contributed by atoms with Crippen LogP contribution in [0, 0.1) is 0 Å². The summed E-state index contributed by atoms with van der Waals surface area (Å²) in [6.07, 6.45) is 1.83. The van der Waals surface area contributed by atoms with Gasteiger partial charge >= 0.3 is 0 Å². The van der Waals surface area contributed by atoms with E-state index in [2.05, 4.69) is 47.7 Å². The molecule has 138 valence electrons. The van der Waals surface area contributed by atoms with Crippen LogP contribution in [0.5, 0.6) is 0 Å². The number of para-hydroxylation sites is 1. The SMILES string of the molecule is CCc1cccc(CC)c1NC(N)=NCCNC(=O)c1ccccc1Cl. The smallest absolute Gasteiger partial charge is 0.252 e. The van der Waals surface area contributed by atoms with Crippen LogP contribution in [0.15, 0.2) is 47.5 Å². The highest BCUT2D eigenvalue weighted by atomic mass is 35.5. The molecule has 0 bridgehead atoms. The van der Waals surface area contributed by atoms with Crippen LogP contribution in [0.3, 0.4) is 0 Å². The van der Waals surface area contributed by atoms with Gasteiger partial charge in [0.1, 0.15) is 0 Å². The minimum atomic E-state index is -0.220. The molecule has 1 amide bonds. The number of hydrogen-bond donors (Lipinski definition) is 3. The standard InChI is InChI=1S/C20H25ClN4O/c1-3-14-8-7-9-15(4-2)18(14)25-20(22)24-13-12-23-19(26)16-10-5-6-11-17(16)21/h5-11H,3-4,12-13H2,1-2H3,(H,23,26)(H3,22,24,25). The number of amides is 1.